The van der Waals surface area contributed by atoms with E-state index in [1.165, 1.54) is 0 Å². The molecule has 3 heterocycles. The normalized spacial score (nSPS) is 14.4. The second kappa shape index (κ2) is 6.78. The fraction of sp³-hybridized carbons (Fsp3) is 0.312. The molecule has 3 amide bonds. The molecule has 23 heavy (non-hydrogen) atoms. The molecule has 0 bridgehead atoms. The summed E-state index contributed by atoms with van der Waals surface area (Å²) in [5.41, 5.74) is 1.63. The van der Waals surface area contributed by atoms with E-state index in [2.05, 4.69) is 10.3 Å². The standard InChI is InChI=1S/C16H18N4O2S/c1-2-19-6-7-20(16(19)22)14-4-3-13(10-17-14)18-15(21)9-12-5-8-23-11-12/h3-5,8,10-11H,2,6-7,9H2,1H3,(H,18,21). The number of thiophene rings is 1. The van der Waals surface area contributed by atoms with E-state index in [-0.39, 0.29) is 11.9 Å². The van der Waals surface area contributed by atoms with Crippen LogP contribution in [0, 0.1) is 0 Å². The first-order valence-electron chi connectivity index (χ1n) is 7.51. The molecule has 120 valence electrons. The summed E-state index contributed by atoms with van der Waals surface area (Å²) < 4.78 is 0. The highest BCUT2D eigenvalue weighted by molar-refractivity contribution is 7.08. The zero-order valence-corrected chi connectivity index (χ0v) is 13.7. The average molecular weight is 330 g/mol. The Morgan fingerprint density at radius 1 is 1.35 bits per heavy atom. The van der Waals surface area contributed by atoms with Crippen molar-refractivity contribution in [2.24, 2.45) is 0 Å². The summed E-state index contributed by atoms with van der Waals surface area (Å²) >= 11 is 1.57. The van der Waals surface area contributed by atoms with Crippen LogP contribution in [0.5, 0.6) is 0 Å². The molecule has 3 rings (SSSR count). The number of hydrogen-bond acceptors (Lipinski definition) is 4. The molecule has 0 unspecified atom stereocenters. The van der Waals surface area contributed by atoms with Gasteiger partial charge in [-0.3, -0.25) is 9.69 Å². The molecule has 1 aliphatic heterocycles. The van der Waals surface area contributed by atoms with Crippen LogP contribution >= 0.6 is 11.3 Å². The SMILES string of the molecule is CCN1CCN(c2ccc(NC(=O)Cc3ccsc3)cn2)C1=O. The number of urea groups is 1. The van der Waals surface area contributed by atoms with Gasteiger partial charge in [0.05, 0.1) is 18.3 Å². The van der Waals surface area contributed by atoms with Gasteiger partial charge < -0.3 is 10.2 Å². The number of anilines is 2. The predicted octanol–water partition coefficient (Wildman–Crippen LogP) is 2.59. The van der Waals surface area contributed by atoms with Crippen LogP contribution in [0.25, 0.3) is 0 Å². The van der Waals surface area contributed by atoms with Gasteiger partial charge in [0, 0.05) is 19.6 Å². The Morgan fingerprint density at radius 3 is 2.83 bits per heavy atom. The van der Waals surface area contributed by atoms with Crippen LogP contribution in [0.2, 0.25) is 0 Å². The molecule has 2 aromatic rings. The molecule has 1 fully saturated rings. The Hall–Kier alpha value is -2.41. The average Bonchev–Trinajstić information content (AvgIpc) is 3.17. The maximum Gasteiger partial charge on any atom is 0.325 e. The van der Waals surface area contributed by atoms with Gasteiger partial charge in [-0.15, -0.1) is 0 Å². The van der Waals surface area contributed by atoms with E-state index >= 15 is 0 Å². The van der Waals surface area contributed by atoms with Crippen molar-refractivity contribution in [3.8, 4) is 0 Å². The zero-order valence-electron chi connectivity index (χ0n) is 12.9. The molecule has 0 atom stereocenters. The monoisotopic (exact) mass is 330 g/mol. The largest absolute Gasteiger partial charge is 0.325 e. The van der Waals surface area contributed by atoms with Crippen molar-refractivity contribution in [3.63, 3.8) is 0 Å². The summed E-state index contributed by atoms with van der Waals surface area (Å²) in [7, 11) is 0. The van der Waals surface area contributed by atoms with Gasteiger partial charge in [0.1, 0.15) is 5.82 Å². The molecule has 1 saturated heterocycles. The molecule has 7 heteroatoms. The molecule has 1 aliphatic rings. The summed E-state index contributed by atoms with van der Waals surface area (Å²) in [4.78, 5) is 31.8. The van der Waals surface area contributed by atoms with Crippen LogP contribution in [0.1, 0.15) is 12.5 Å². The molecule has 2 aromatic heterocycles. The van der Waals surface area contributed by atoms with Gasteiger partial charge in [-0.25, -0.2) is 9.78 Å². The third-order valence-corrected chi connectivity index (χ3v) is 4.46. The van der Waals surface area contributed by atoms with E-state index in [9.17, 15) is 9.59 Å². The Kier molecular flexibility index (Phi) is 4.57. The van der Waals surface area contributed by atoms with E-state index in [1.807, 2.05) is 23.8 Å². The van der Waals surface area contributed by atoms with Crippen molar-refractivity contribution in [2.45, 2.75) is 13.3 Å². The maximum atomic E-state index is 12.1. The van der Waals surface area contributed by atoms with E-state index in [0.29, 0.717) is 31.0 Å². The molecular formula is C16H18N4O2S. The smallest absolute Gasteiger partial charge is 0.324 e. The van der Waals surface area contributed by atoms with Crippen LogP contribution in [-0.2, 0) is 11.2 Å². The number of likely N-dealkylation sites (N-methyl/N-ethyl adjacent to an activating group) is 1. The number of nitrogens with zero attached hydrogens (tertiary/aromatic N) is 3. The van der Waals surface area contributed by atoms with E-state index in [0.717, 1.165) is 12.1 Å². The highest BCUT2D eigenvalue weighted by Crippen LogP contribution is 2.19. The highest BCUT2D eigenvalue weighted by atomic mass is 32.1. The fourth-order valence-electron chi connectivity index (χ4n) is 2.49. The first-order valence-corrected chi connectivity index (χ1v) is 8.45. The molecule has 0 saturated carbocycles. The number of rotatable bonds is 5. The lowest BCUT2D eigenvalue weighted by Crippen LogP contribution is -2.32. The zero-order chi connectivity index (χ0) is 16.2. The van der Waals surface area contributed by atoms with E-state index in [4.69, 9.17) is 0 Å². The number of nitrogens with one attached hydrogen (secondary N) is 1. The molecule has 0 spiro atoms. The second-order valence-corrected chi connectivity index (χ2v) is 6.06. The topological polar surface area (TPSA) is 65.5 Å². The summed E-state index contributed by atoms with van der Waals surface area (Å²) in [5.74, 6) is 0.536. The van der Waals surface area contributed by atoms with Crippen LogP contribution in [-0.4, -0.2) is 41.5 Å². The van der Waals surface area contributed by atoms with Crippen molar-refractivity contribution >= 4 is 34.8 Å². The molecule has 0 aromatic carbocycles. The maximum absolute atomic E-state index is 12.1. The molecule has 0 radical (unpaired) electrons. The van der Waals surface area contributed by atoms with E-state index in [1.54, 1.807) is 39.5 Å². The van der Waals surface area contributed by atoms with Gasteiger partial charge in [0.15, 0.2) is 0 Å². The van der Waals surface area contributed by atoms with Gasteiger partial charge >= 0.3 is 6.03 Å². The molecular weight excluding hydrogens is 312 g/mol. The number of pyridine rings is 1. The fourth-order valence-corrected chi connectivity index (χ4v) is 3.16. The Balaban J connectivity index is 1.61. The van der Waals surface area contributed by atoms with Gasteiger partial charge in [-0.1, -0.05) is 0 Å². The van der Waals surface area contributed by atoms with Gasteiger partial charge in [0.25, 0.3) is 0 Å². The Bertz CT molecular complexity index is 685. The predicted molar refractivity (Wildman–Crippen MR) is 90.9 cm³/mol. The minimum Gasteiger partial charge on any atom is -0.324 e. The van der Waals surface area contributed by atoms with Gasteiger partial charge in [-0.05, 0) is 41.4 Å². The number of carbonyl (C=O) groups is 2. The summed E-state index contributed by atoms with van der Waals surface area (Å²) in [6, 6.07) is 5.45. The number of carbonyl (C=O) groups excluding carboxylic acids is 2. The van der Waals surface area contributed by atoms with Crippen LogP contribution in [0.3, 0.4) is 0 Å². The summed E-state index contributed by atoms with van der Waals surface area (Å²) in [5, 5.41) is 6.73. The number of aromatic nitrogens is 1. The third-order valence-electron chi connectivity index (χ3n) is 3.73. The third kappa shape index (κ3) is 3.50. The lowest BCUT2D eigenvalue weighted by Gasteiger charge is -2.16. The summed E-state index contributed by atoms with van der Waals surface area (Å²) in [6.45, 7) is 4.02. The summed E-state index contributed by atoms with van der Waals surface area (Å²) in [6.07, 6.45) is 1.93. The van der Waals surface area contributed by atoms with Crippen molar-refractivity contribution in [1.82, 2.24) is 9.88 Å². The van der Waals surface area contributed by atoms with Crippen molar-refractivity contribution < 1.29 is 9.59 Å². The molecule has 0 aliphatic carbocycles. The lowest BCUT2D eigenvalue weighted by molar-refractivity contribution is -0.115. The highest BCUT2D eigenvalue weighted by Gasteiger charge is 2.28. The molecule has 1 N–H and O–H groups in total. The van der Waals surface area contributed by atoms with Gasteiger partial charge in [0.2, 0.25) is 5.91 Å². The minimum absolute atomic E-state index is 0.0192. The van der Waals surface area contributed by atoms with Crippen molar-refractivity contribution in [2.75, 3.05) is 29.9 Å². The first-order chi connectivity index (χ1) is 11.2. The minimum atomic E-state index is -0.0765. The van der Waals surface area contributed by atoms with Crippen LogP contribution in [0.4, 0.5) is 16.3 Å². The number of hydrogen-bond donors (Lipinski definition) is 1. The van der Waals surface area contributed by atoms with Gasteiger partial charge in [-0.2, -0.15) is 11.3 Å². The quantitative estimate of drug-likeness (QED) is 0.916. The Morgan fingerprint density at radius 2 is 2.22 bits per heavy atom. The van der Waals surface area contributed by atoms with E-state index < -0.39 is 0 Å². The van der Waals surface area contributed by atoms with Crippen LogP contribution < -0.4 is 10.2 Å². The van der Waals surface area contributed by atoms with Crippen LogP contribution in [0.15, 0.2) is 35.2 Å². The Labute approximate surface area is 138 Å². The molecule has 6 nitrogen and oxygen atoms in total. The van der Waals surface area contributed by atoms with Crippen molar-refractivity contribution in [1.29, 1.82) is 0 Å². The van der Waals surface area contributed by atoms with Crippen molar-refractivity contribution in [3.05, 3.63) is 40.7 Å². The number of amides is 3. The second-order valence-electron chi connectivity index (χ2n) is 5.28. The lowest BCUT2D eigenvalue weighted by atomic mass is 10.2. The first kappa shape index (κ1) is 15.5.